The van der Waals surface area contributed by atoms with E-state index in [0.717, 1.165) is 11.3 Å². The zero-order valence-electron chi connectivity index (χ0n) is 9.03. The van der Waals surface area contributed by atoms with Gasteiger partial charge in [-0.3, -0.25) is 0 Å². The summed E-state index contributed by atoms with van der Waals surface area (Å²) in [6, 6.07) is 9.93. The van der Waals surface area contributed by atoms with E-state index in [1.807, 2.05) is 12.1 Å². The SMILES string of the molecule is Cc1cc(C)cc(C(N)c2ccco2)c1. The van der Waals surface area contributed by atoms with Crippen molar-refractivity contribution in [1.82, 2.24) is 0 Å². The number of furan rings is 1. The maximum absolute atomic E-state index is 6.10. The molecule has 0 saturated carbocycles. The Morgan fingerprint density at radius 3 is 2.33 bits per heavy atom. The lowest BCUT2D eigenvalue weighted by atomic mass is 10.0. The highest BCUT2D eigenvalue weighted by Gasteiger charge is 2.11. The monoisotopic (exact) mass is 201 g/mol. The normalized spacial score (nSPS) is 12.7. The van der Waals surface area contributed by atoms with E-state index < -0.39 is 0 Å². The molecule has 0 aliphatic carbocycles. The summed E-state index contributed by atoms with van der Waals surface area (Å²) in [6.07, 6.45) is 1.65. The van der Waals surface area contributed by atoms with Crippen molar-refractivity contribution in [2.75, 3.05) is 0 Å². The van der Waals surface area contributed by atoms with Gasteiger partial charge in [-0.15, -0.1) is 0 Å². The molecular formula is C13H15NO. The maximum Gasteiger partial charge on any atom is 0.124 e. The Labute approximate surface area is 89.7 Å². The van der Waals surface area contributed by atoms with E-state index >= 15 is 0 Å². The summed E-state index contributed by atoms with van der Waals surface area (Å²) in [7, 11) is 0. The van der Waals surface area contributed by atoms with Crippen molar-refractivity contribution < 1.29 is 4.42 Å². The van der Waals surface area contributed by atoms with Gasteiger partial charge < -0.3 is 10.2 Å². The molecule has 1 unspecified atom stereocenters. The van der Waals surface area contributed by atoms with Crippen molar-refractivity contribution in [3.63, 3.8) is 0 Å². The average molecular weight is 201 g/mol. The molecule has 15 heavy (non-hydrogen) atoms. The highest BCUT2D eigenvalue weighted by Crippen LogP contribution is 2.21. The van der Waals surface area contributed by atoms with Gasteiger partial charge in [0.15, 0.2) is 0 Å². The van der Waals surface area contributed by atoms with Gasteiger partial charge in [0.05, 0.1) is 12.3 Å². The minimum Gasteiger partial charge on any atom is -0.467 e. The summed E-state index contributed by atoms with van der Waals surface area (Å²) in [5.74, 6) is 0.806. The molecule has 0 fully saturated rings. The van der Waals surface area contributed by atoms with Gasteiger partial charge in [-0.2, -0.15) is 0 Å². The summed E-state index contributed by atoms with van der Waals surface area (Å²) < 4.78 is 5.30. The fraction of sp³-hybridized carbons (Fsp3) is 0.231. The summed E-state index contributed by atoms with van der Waals surface area (Å²) >= 11 is 0. The van der Waals surface area contributed by atoms with Gasteiger partial charge in [-0.1, -0.05) is 29.3 Å². The number of benzene rings is 1. The summed E-state index contributed by atoms with van der Waals surface area (Å²) in [5, 5.41) is 0. The Kier molecular flexibility index (Phi) is 2.60. The van der Waals surface area contributed by atoms with Crippen molar-refractivity contribution in [3.8, 4) is 0 Å². The third-order valence-corrected chi connectivity index (χ3v) is 2.45. The number of hydrogen-bond acceptors (Lipinski definition) is 2. The summed E-state index contributed by atoms with van der Waals surface area (Å²) in [6.45, 7) is 4.15. The van der Waals surface area contributed by atoms with Crippen LogP contribution >= 0.6 is 0 Å². The van der Waals surface area contributed by atoms with E-state index in [1.54, 1.807) is 6.26 Å². The van der Waals surface area contributed by atoms with Crippen LogP contribution in [-0.2, 0) is 0 Å². The van der Waals surface area contributed by atoms with Crippen LogP contribution in [0.15, 0.2) is 41.0 Å². The molecule has 1 aromatic carbocycles. The van der Waals surface area contributed by atoms with Gasteiger partial charge in [0.1, 0.15) is 5.76 Å². The van der Waals surface area contributed by atoms with Crippen LogP contribution in [0.25, 0.3) is 0 Å². The second kappa shape index (κ2) is 3.91. The number of aryl methyl sites for hydroxylation is 2. The molecule has 0 amide bonds. The van der Waals surface area contributed by atoms with Crippen LogP contribution in [0.3, 0.4) is 0 Å². The largest absolute Gasteiger partial charge is 0.467 e. The Morgan fingerprint density at radius 2 is 1.80 bits per heavy atom. The predicted octanol–water partition coefficient (Wildman–Crippen LogP) is 2.94. The molecule has 1 heterocycles. The van der Waals surface area contributed by atoms with Crippen molar-refractivity contribution in [2.24, 2.45) is 5.73 Å². The summed E-state index contributed by atoms with van der Waals surface area (Å²) in [4.78, 5) is 0. The Balaban J connectivity index is 2.37. The van der Waals surface area contributed by atoms with Crippen molar-refractivity contribution in [1.29, 1.82) is 0 Å². The van der Waals surface area contributed by atoms with Gasteiger partial charge in [0.25, 0.3) is 0 Å². The molecule has 2 N–H and O–H groups in total. The van der Waals surface area contributed by atoms with Crippen molar-refractivity contribution >= 4 is 0 Å². The zero-order chi connectivity index (χ0) is 10.8. The topological polar surface area (TPSA) is 39.2 Å². The van der Waals surface area contributed by atoms with E-state index in [1.165, 1.54) is 11.1 Å². The molecular weight excluding hydrogens is 186 g/mol. The minimum atomic E-state index is -0.168. The van der Waals surface area contributed by atoms with Crippen LogP contribution < -0.4 is 5.73 Å². The highest BCUT2D eigenvalue weighted by molar-refractivity contribution is 5.33. The van der Waals surface area contributed by atoms with Crippen molar-refractivity contribution in [2.45, 2.75) is 19.9 Å². The minimum absolute atomic E-state index is 0.168. The lowest BCUT2D eigenvalue weighted by Crippen LogP contribution is -2.11. The molecule has 0 saturated heterocycles. The number of nitrogens with two attached hydrogens (primary N) is 1. The van der Waals surface area contributed by atoms with Crippen LogP contribution in [0.1, 0.15) is 28.5 Å². The van der Waals surface area contributed by atoms with E-state index in [4.69, 9.17) is 10.2 Å². The molecule has 0 spiro atoms. The molecule has 0 radical (unpaired) electrons. The second-order valence-corrected chi connectivity index (χ2v) is 3.91. The molecule has 1 aromatic heterocycles. The van der Waals surface area contributed by atoms with Gasteiger partial charge in [-0.25, -0.2) is 0 Å². The maximum atomic E-state index is 6.10. The molecule has 0 bridgehead atoms. The lowest BCUT2D eigenvalue weighted by Gasteiger charge is -2.11. The van der Waals surface area contributed by atoms with Gasteiger partial charge in [0, 0.05) is 0 Å². The van der Waals surface area contributed by atoms with Crippen LogP contribution in [0.5, 0.6) is 0 Å². The molecule has 0 aliphatic heterocycles. The Hall–Kier alpha value is -1.54. The van der Waals surface area contributed by atoms with E-state index in [-0.39, 0.29) is 6.04 Å². The first-order chi connectivity index (χ1) is 7.16. The van der Waals surface area contributed by atoms with E-state index in [0.29, 0.717) is 0 Å². The molecule has 2 rings (SSSR count). The number of hydrogen-bond donors (Lipinski definition) is 1. The van der Waals surface area contributed by atoms with Gasteiger partial charge >= 0.3 is 0 Å². The molecule has 2 heteroatoms. The zero-order valence-corrected chi connectivity index (χ0v) is 9.03. The molecule has 1 atom stereocenters. The molecule has 2 aromatic rings. The van der Waals surface area contributed by atoms with E-state index in [9.17, 15) is 0 Å². The quantitative estimate of drug-likeness (QED) is 0.811. The van der Waals surface area contributed by atoms with Crippen LogP contribution in [0.4, 0.5) is 0 Å². The fourth-order valence-electron chi connectivity index (χ4n) is 1.82. The van der Waals surface area contributed by atoms with Gasteiger partial charge in [-0.05, 0) is 31.5 Å². The first kappa shape index (κ1) is 9.99. The molecule has 78 valence electrons. The predicted molar refractivity (Wildman–Crippen MR) is 60.7 cm³/mol. The van der Waals surface area contributed by atoms with Crippen LogP contribution in [0.2, 0.25) is 0 Å². The standard InChI is InChI=1S/C13H15NO/c1-9-6-10(2)8-11(7-9)13(14)12-4-3-5-15-12/h3-8,13H,14H2,1-2H3. The first-order valence-electron chi connectivity index (χ1n) is 5.04. The summed E-state index contributed by atoms with van der Waals surface area (Å²) in [5.41, 5.74) is 9.66. The lowest BCUT2D eigenvalue weighted by molar-refractivity contribution is 0.489. The smallest absolute Gasteiger partial charge is 0.124 e. The number of rotatable bonds is 2. The third-order valence-electron chi connectivity index (χ3n) is 2.45. The molecule has 2 nitrogen and oxygen atoms in total. The first-order valence-corrected chi connectivity index (χ1v) is 5.04. The Bertz CT molecular complexity index is 425. The highest BCUT2D eigenvalue weighted by atomic mass is 16.3. The Morgan fingerprint density at radius 1 is 1.13 bits per heavy atom. The average Bonchev–Trinajstić information content (AvgIpc) is 2.67. The molecule has 0 aliphatic rings. The van der Waals surface area contributed by atoms with Crippen molar-refractivity contribution in [3.05, 3.63) is 59.0 Å². The van der Waals surface area contributed by atoms with Crippen LogP contribution in [0, 0.1) is 13.8 Å². The third kappa shape index (κ3) is 2.10. The second-order valence-electron chi connectivity index (χ2n) is 3.91. The fourth-order valence-corrected chi connectivity index (χ4v) is 1.82. The van der Waals surface area contributed by atoms with Gasteiger partial charge in [0.2, 0.25) is 0 Å². The van der Waals surface area contributed by atoms with E-state index in [2.05, 4.69) is 32.0 Å². The van der Waals surface area contributed by atoms with Crippen LogP contribution in [-0.4, -0.2) is 0 Å².